The molecule has 0 atom stereocenters. The maximum atomic E-state index is 13.3. The molecule has 0 saturated heterocycles. The lowest BCUT2D eigenvalue weighted by atomic mass is 10.1. The van der Waals surface area contributed by atoms with Crippen LogP contribution in [0.15, 0.2) is 64.5 Å². The van der Waals surface area contributed by atoms with Gasteiger partial charge in [0.1, 0.15) is 11.6 Å². The third-order valence-electron chi connectivity index (χ3n) is 4.35. The van der Waals surface area contributed by atoms with Crippen molar-refractivity contribution in [3.8, 4) is 17.0 Å². The van der Waals surface area contributed by atoms with E-state index in [1.807, 2.05) is 0 Å². The van der Waals surface area contributed by atoms with Crippen molar-refractivity contribution >= 4 is 10.0 Å². The van der Waals surface area contributed by atoms with Crippen LogP contribution in [0.4, 0.5) is 4.39 Å². The molecule has 3 rings (SSSR count). The van der Waals surface area contributed by atoms with E-state index in [0.717, 1.165) is 11.6 Å². The summed E-state index contributed by atoms with van der Waals surface area (Å²) >= 11 is 0. The monoisotopic (exact) mass is 417 g/mol. The van der Waals surface area contributed by atoms with Gasteiger partial charge >= 0.3 is 0 Å². The zero-order valence-corrected chi connectivity index (χ0v) is 16.7. The maximum absolute atomic E-state index is 13.3. The van der Waals surface area contributed by atoms with Crippen LogP contribution in [-0.4, -0.2) is 31.6 Å². The third-order valence-corrected chi connectivity index (χ3v) is 5.81. The van der Waals surface area contributed by atoms with Crippen LogP contribution in [0.1, 0.15) is 5.56 Å². The fraction of sp³-hybridized carbons (Fsp3) is 0.200. The van der Waals surface area contributed by atoms with Gasteiger partial charge in [-0.1, -0.05) is 0 Å². The topological polar surface area (TPSA) is 90.3 Å². The first-order valence-corrected chi connectivity index (χ1v) is 10.3. The average molecular weight is 417 g/mol. The minimum Gasteiger partial charge on any atom is -0.497 e. The molecule has 0 aliphatic heterocycles. The van der Waals surface area contributed by atoms with Crippen LogP contribution in [0.3, 0.4) is 0 Å². The molecule has 1 aromatic heterocycles. The average Bonchev–Trinajstić information content (AvgIpc) is 2.71. The van der Waals surface area contributed by atoms with E-state index in [-0.39, 0.29) is 29.1 Å². The van der Waals surface area contributed by atoms with Crippen molar-refractivity contribution < 1.29 is 17.5 Å². The third kappa shape index (κ3) is 4.87. The Morgan fingerprint density at radius 2 is 1.86 bits per heavy atom. The zero-order chi connectivity index (χ0) is 21.0. The highest BCUT2D eigenvalue weighted by molar-refractivity contribution is 7.89. The molecule has 0 amide bonds. The fourth-order valence-electron chi connectivity index (χ4n) is 2.68. The van der Waals surface area contributed by atoms with Gasteiger partial charge in [0.25, 0.3) is 5.56 Å². The predicted octanol–water partition coefficient (Wildman–Crippen LogP) is 2.34. The number of aryl methyl sites for hydroxylation is 1. The Bertz CT molecular complexity index is 1180. The summed E-state index contributed by atoms with van der Waals surface area (Å²) in [6.07, 6.45) is 1.37. The van der Waals surface area contributed by atoms with Crippen molar-refractivity contribution in [1.29, 1.82) is 0 Å². The van der Waals surface area contributed by atoms with Crippen LogP contribution in [0.5, 0.6) is 5.75 Å². The molecule has 1 heterocycles. The van der Waals surface area contributed by atoms with Gasteiger partial charge in [0, 0.05) is 24.7 Å². The van der Waals surface area contributed by atoms with E-state index in [1.54, 1.807) is 31.4 Å². The number of nitrogens with zero attached hydrogens (tertiary/aromatic N) is 2. The molecule has 9 heteroatoms. The highest BCUT2D eigenvalue weighted by Crippen LogP contribution is 2.19. The van der Waals surface area contributed by atoms with E-state index in [2.05, 4.69) is 9.71 Å². The van der Waals surface area contributed by atoms with Gasteiger partial charge in [0.05, 0.1) is 24.0 Å². The number of benzene rings is 2. The van der Waals surface area contributed by atoms with Gasteiger partial charge in [0.2, 0.25) is 10.0 Å². The number of hydrogen-bond donors (Lipinski definition) is 1. The Kier molecular flexibility index (Phi) is 6.09. The summed E-state index contributed by atoms with van der Waals surface area (Å²) < 4.78 is 46.8. The first-order valence-electron chi connectivity index (χ1n) is 8.77. The molecule has 0 aliphatic rings. The van der Waals surface area contributed by atoms with Crippen molar-refractivity contribution in [2.75, 3.05) is 13.7 Å². The molecule has 0 aliphatic carbocycles. The molecular weight excluding hydrogens is 397 g/mol. The number of nitrogens with one attached hydrogen (secondary N) is 1. The first kappa shape index (κ1) is 20.7. The Hall–Kier alpha value is -3.04. The number of sulfonamides is 1. The summed E-state index contributed by atoms with van der Waals surface area (Å²) in [6, 6.07) is 12.1. The lowest BCUT2D eigenvalue weighted by Crippen LogP contribution is -2.31. The molecule has 0 unspecified atom stereocenters. The smallest absolute Gasteiger partial charge is 0.253 e. The minimum absolute atomic E-state index is 0.0117. The predicted molar refractivity (Wildman–Crippen MR) is 107 cm³/mol. The molecule has 0 spiro atoms. The van der Waals surface area contributed by atoms with E-state index >= 15 is 0 Å². The van der Waals surface area contributed by atoms with E-state index in [0.29, 0.717) is 11.4 Å². The number of methoxy groups -OCH3 is 1. The summed E-state index contributed by atoms with van der Waals surface area (Å²) in [6.45, 7) is 1.58. The van der Waals surface area contributed by atoms with Crippen molar-refractivity contribution in [3.05, 3.63) is 76.6 Å². The highest BCUT2D eigenvalue weighted by atomic mass is 32.2. The molecular formula is C20H20FN3O4S. The van der Waals surface area contributed by atoms with Gasteiger partial charge in [-0.05, 0) is 55.0 Å². The van der Waals surface area contributed by atoms with Gasteiger partial charge in [-0.3, -0.25) is 9.36 Å². The molecule has 0 radical (unpaired) electrons. The molecule has 2 aromatic carbocycles. The van der Waals surface area contributed by atoms with E-state index < -0.39 is 15.8 Å². The number of hydrogen-bond acceptors (Lipinski definition) is 5. The second-order valence-corrected chi connectivity index (χ2v) is 8.11. The molecule has 152 valence electrons. The zero-order valence-electron chi connectivity index (χ0n) is 15.9. The van der Waals surface area contributed by atoms with Crippen LogP contribution in [-0.2, 0) is 16.6 Å². The van der Waals surface area contributed by atoms with E-state index in [4.69, 9.17) is 4.74 Å². The standard InChI is InChI=1S/C20H20FN3O4S/c1-14-11-17(7-8-18(14)21)29(26,27)23-9-10-24-13-22-19(12-20(24)25)15-3-5-16(28-2)6-4-15/h3-8,11-13,23H,9-10H2,1-2H3. The lowest BCUT2D eigenvalue weighted by molar-refractivity contribution is 0.415. The SMILES string of the molecule is COc1ccc(-c2cc(=O)n(CCNS(=O)(=O)c3ccc(F)c(C)c3)cn2)cc1. The Morgan fingerprint density at radius 1 is 1.14 bits per heavy atom. The van der Waals surface area contributed by atoms with Crippen molar-refractivity contribution in [3.63, 3.8) is 0 Å². The second kappa shape index (κ2) is 8.54. The normalized spacial score (nSPS) is 11.4. The van der Waals surface area contributed by atoms with Crippen LogP contribution in [0.2, 0.25) is 0 Å². The molecule has 0 bridgehead atoms. The van der Waals surface area contributed by atoms with Gasteiger partial charge in [-0.15, -0.1) is 0 Å². The van der Waals surface area contributed by atoms with Crippen molar-refractivity contribution in [1.82, 2.24) is 14.3 Å². The molecule has 0 saturated carbocycles. The summed E-state index contributed by atoms with van der Waals surface area (Å²) in [7, 11) is -2.24. The highest BCUT2D eigenvalue weighted by Gasteiger charge is 2.15. The van der Waals surface area contributed by atoms with Crippen molar-refractivity contribution in [2.45, 2.75) is 18.4 Å². The van der Waals surface area contributed by atoms with Crippen LogP contribution < -0.4 is 15.0 Å². The van der Waals surface area contributed by atoms with Gasteiger partial charge < -0.3 is 4.74 Å². The van der Waals surface area contributed by atoms with E-state index in [9.17, 15) is 17.6 Å². The van der Waals surface area contributed by atoms with Crippen LogP contribution in [0, 0.1) is 12.7 Å². The van der Waals surface area contributed by atoms with Gasteiger partial charge in [-0.2, -0.15) is 0 Å². The summed E-state index contributed by atoms with van der Waals surface area (Å²) in [5, 5.41) is 0. The molecule has 29 heavy (non-hydrogen) atoms. The molecule has 1 N–H and O–H groups in total. The number of halogens is 1. The van der Waals surface area contributed by atoms with Crippen LogP contribution >= 0.6 is 0 Å². The van der Waals surface area contributed by atoms with E-state index in [1.165, 1.54) is 36.0 Å². The lowest BCUT2D eigenvalue weighted by Gasteiger charge is -2.10. The quantitative estimate of drug-likeness (QED) is 0.637. The number of ether oxygens (including phenoxy) is 1. The first-order chi connectivity index (χ1) is 13.8. The molecule has 0 fully saturated rings. The maximum Gasteiger partial charge on any atom is 0.253 e. The summed E-state index contributed by atoms with van der Waals surface area (Å²) in [5.41, 5.74) is 1.21. The largest absolute Gasteiger partial charge is 0.497 e. The minimum atomic E-state index is -3.80. The van der Waals surface area contributed by atoms with Crippen LogP contribution in [0.25, 0.3) is 11.3 Å². The molecule has 3 aromatic rings. The Labute approximate surface area is 167 Å². The fourth-order valence-corrected chi connectivity index (χ4v) is 3.79. The second-order valence-electron chi connectivity index (χ2n) is 6.34. The van der Waals surface area contributed by atoms with Gasteiger partial charge in [-0.25, -0.2) is 22.5 Å². The Morgan fingerprint density at radius 3 is 2.48 bits per heavy atom. The molecule has 7 nitrogen and oxygen atoms in total. The summed E-state index contributed by atoms with van der Waals surface area (Å²) in [4.78, 5) is 16.6. The number of rotatable bonds is 7. The van der Waals surface area contributed by atoms with Gasteiger partial charge in [0.15, 0.2) is 0 Å². The van der Waals surface area contributed by atoms with Crippen molar-refractivity contribution in [2.24, 2.45) is 0 Å². The number of aromatic nitrogens is 2. The Balaban J connectivity index is 1.67. The summed E-state index contributed by atoms with van der Waals surface area (Å²) in [5.74, 6) is 0.226.